The van der Waals surface area contributed by atoms with Crippen molar-refractivity contribution < 1.29 is 9.13 Å². The van der Waals surface area contributed by atoms with Gasteiger partial charge < -0.3 is 10.5 Å². The average molecular weight is 247 g/mol. The van der Waals surface area contributed by atoms with Gasteiger partial charge >= 0.3 is 0 Å². The van der Waals surface area contributed by atoms with Crippen LogP contribution >= 0.6 is 0 Å². The Morgan fingerprint density at radius 1 is 1.44 bits per heavy atom. The standard InChI is InChI=1S/C13H14FN3O/c1-17-13(15)9(7-16-17)11-10(14)5-4-8-3-2-6-18-12(8)11/h4-5,7H,2-3,6,15H2,1H3. The maximum absolute atomic E-state index is 14.1. The van der Waals surface area contributed by atoms with Gasteiger partial charge in [0.05, 0.1) is 23.9 Å². The summed E-state index contributed by atoms with van der Waals surface area (Å²) in [6.45, 7) is 0.615. The number of aryl methyl sites for hydroxylation is 2. The lowest BCUT2D eigenvalue weighted by molar-refractivity contribution is 0.288. The second-order valence-electron chi connectivity index (χ2n) is 4.43. The number of halogens is 1. The van der Waals surface area contributed by atoms with Gasteiger partial charge in [-0.25, -0.2) is 4.39 Å². The number of fused-ring (bicyclic) bond motifs is 1. The summed E-state index contributed by atoms with van der Waals surface area (Å²) in [6.07, 6.45) is 3.44. The molecule has 0 aliphatic carbocycles. The largest absolute Gasteiger partial charge is 0.493 e. The first-order valence-electron chi connectivity index (χ1n) is 5.90. The molecule has 0 atom stereocenters. The molecule has 2 heterocycles. The number of hydrogen-bond donors (Lipinski definition) is 1. The minimum absolute atomic E-state index is 0.324. The van der Waals surface area contributed by atoms with Gasteiger partial charge in [0.2, 0.25) is 0 Å². The highest BCUT2D eigenvalue weighted by molar-refractivity contribution is 5.80. The van der Waals surface area contributed by atoms with Crippen molar-refractivity contribution in [2.45, 2.75) is 12.8 Å². The summed E-state index contributed by atoms with van der Waals surface area (Å²) in [4.78, 5) is 0. The van der Waals surface area contributed by atoms with Gasteiger partial charge in [-0.3, -0.25) is 4.68 Å². The van der Waals surface area contributed by atoms with Gasteiger partial charge in [-0.15, -0.1) is 0 Å². The third-order valence-corrected chi connectivity index (χ3v) is 3.28. The van der Waals surface area contributed by atoms with Crippen molar-refractivity contribution in [2.75, 3.05) is 12.3 Å². The Hall–Kier alpha value is -2.04. The highest BCUT2D eigenvalue weighted by atomic mass is 19.1. The normalized spacial score (nSPS) is 14.1. The van der Waals surface area contributed by atoms with Crippen LogP contribution in [0.3, 0.4) is 0 Å². The zero-order valence-electron chi connectivity index (χ0n) is 10.1. The van der Waals surface area contributed by atoms with Gasteiger partial charge in [-0.2, -0.15) is 5.10 Å². The minimum atomic E-state index is -0.324. The van der Waals surface area contributed by atoms with E-state index in [-0.39, 0.29) is 5.82 Å². The Balaban J connectivity index is 2.25. The lowest BCUT2D eigenvalue weighted by Gasteiger charge is -2.20. The number of nitrogens with zero attached hydrogens (tertiary/aromatic N) is 2. The smallest absolute Gasteiger partial charge is 0.134 e. The first-order valence-corrected chi connectivity index (χ1v) is 5.90. The van der Waals surface area contributed by atoms with E-state index in [9.17, 15) is 4.39 Å². The maximum Gasteiger partial charge on any atom is 0.134 e. The zero-order chi connectivity index (χ0) is 12.7. The number of aromatic nitrogens is 2. The topological polar surface area (TPSA) is 53.1 Å². The van der Waals surface area contributed by atoms with Gasteiger partial charge in [-0.1, -0.05) is 6.07 Å². The summed E-state index contributed by atoms with van der Waals surface area (Å²) in [5.74, 6) is 0.729. The molecule has 0 saturated heterocycles. The second kappa shape index (κ2) is 4.01. The van der Waals surface area contributed by atoms with Gasteiger partial charge in [0.25, 0.3) is 0 Å². The Morgan fingerprint density at radius 3 is 3.00 bits per heavy atom. The summed E-state index contributed by atoms with van der Waals surface area (Å²) in [5, 5.41) is 4.05. The van der Waals surface area contributed by atoms with Gasteiger partial charge in [0.15, 0.2) is 0 Å². The highest BCUT2D eigenvalue weighted by Crippen LogP contribution is 2.40. The number of nitrogen functional groups attached to an aromatic ring is 1. The van der Waals surface area contributed by atoms with Crippen LogP contribution in [0.25, 0.3) is 11.1 Å². The van der Waals surface area contributed by atoms with Crippen molar-refractivity contribution in [3.8, 4) is 16.9 Å². The van der Waals surface area contributed by atoms with Gasteiger partial charge in [-0.05, 0) is 24.5 Å². The molecule has 1 aliphatic rings. The van der Waals surface area contributed by atoms with Crippen LogP contribution in [0, 0.1) is 5.82 Å². The van der Waals surface area contributed by atoms with E-state index in [2.05, 4.69) is 5.10 Å². The predicted molar refractivity (Wildman–Crippen MR) is 66.8 cm³/mol. The molecule has 1 aliphatic heterocycles. The quantitative estimate of drug-likeness (QED) is 0.840. The third kappa shape index (κ3) is 1.54. The number of ether oxygens (including phenoxy) is 1. The van der Waals surface area contributed by atoms with Crippen LogP contribution in [-0.4, -0.2) is 16.4 Å². The predicted octanol–water partition coefficient (Wildman–Crippen LogP) is 2.13. The van der Waals surface area contributed by atoms with Crippen molar-refractivity contribution >= 4 is 5.82 Å². The van der Waals surface area contributed by atoms with Crippen molar-refractivity contribution in [1.29, 1.82) is 0 Å². The Bertz CT molecular complexity index is 607. The van der Waals surface area contributed by atoms with E-state index < -0.39 is 0 Å². The minimum Gasteiger partial charge on any atom is -0.493 e. The molecule has 18 heavy (non-hydrogen) atoms. The second-order valence-corrected chi connectivity index (χ2v) is 4.43. The molecule has 3 rings (SSSR count). The van der Waals surface area contributed by atoms with Gasteiger partial charge in [0, 0.05) is 7.05 Å². The van der Waals surface area contributed by atoms with E-state index in [1.807, 2.05) is 0 Å². The van der Waals surface area contributed by atoms with Crippen LogP contribution in [0.2, 0.25) is 0 Å². The first kappa shape index (κ1) is 11.1. The summed E-state index contributed by atoms with van der Waals surface area (Å²) in [7, 11) is 1.73. The third-order valence-electron chi connectivity index (χ3n) is 3.28. The van der Waals surface area contributed by atoms with Crippen LogP contribution in [0.5, 0.6) is 5.75 Å². The molecule has 0 saturated carbocycles. The number of rotatable bonds is 1. The molecule has 5 heteroatoms. The molecular weight excluding hydrogens is 233 g/mol. The Kier molecular flexibility index (Phi) is 2.47. The molecule has 0 fully saturated rings. The molecule has 0 unspecified atom stereocenters. The number of nitrogens with two attached hydrogens (primary N) is 1. The fraction of sp³-hybridized carbons (Fsp3) is 0.308. The average Bonchev–Trinajstić information content (AvgIpc) is 2.70. The molecule has 1 aromatic heterocycles. The van der Waals surface area contributed by atoms with Crippen molar-refractivity contribution in [1.82, 2.24) is 9.78 Å². The molecular formula is C13H14FN3O. The molecule has 4 nitrogen and oxygen atoms in total. The number of benzene rings is 1. The van der Waals surface area contributed by atoms with Gasteiger partial charge in [0.1, 0.15) is 17.4 Å². The summed E-state index contributed by atoms with van der Waals surface area (Å²) in [5.41, 5.74) is 7.96. The lowest BCUT2D eigenvalue weighted by atomic mass is 9.98. The summed E-state index contributed by atoms with van der Waals surface area (Å²) >= 11 is 0. The number of hydrogen-bond acceptors (Lipinski definition) is 3. The zero-order valence-corrected chi connectivity index (χ0v) is 10.1. The van der Waals surface area contributed by atoms with Crippen LogP contribution in [-0.2, 0) is 13.5 Å². The fourth-order valence-electron chi connectivity index (χ4n) is 2.29. The fourth-order valence-corrected chi connectivity index (χ4v) is 2.29. The van der Waals surface area contributed by atoms with Crippen LogP contribution in [0.1, 0.15) is 12.0 Å². The van der Waals surface area contributed by atoms with E-state index >= 15 is 0 Å². The molecule has 0 radical (unpaired) electrons. The highest BCUT2D eigenvalue weighted by Gasteiger charge is 2.22. The molecule has 2 N–H and O–H groups in total. The van der Waals surface area contributed by atoms with E-state index in [1.54, 1.807) is 19.3 Å². The van der Waals surface area contributed by atoms with E-state index in [0.717, 1.165) is 18.4 Å². The molecule has 94 valence electrons. The molecule has 0 bridgehead atoms. The van der Waals surface area contributed by atoms with Crippen molar-refractivity contribution in [3.05, 3.63) is 29.7 Å². The lowest BCUT2D eigenvalue weighted by Crippen LogP contribution is -2.10. The van der Waals surface area contributed by atoms with E-state index in [4.69, 9.17) is 10.5 Å². The molecule has 1 aromatic carbocycles. The molecule has 0 amide bonds. The summed E-state index contributed by atoms with van der Waals surface area (Å²) in [6, 6.07) is 3.25. The van der Waals surface area contributed by atoms with E-state index in [1.165, 1.54) is 10.7 Å². The van der Waals surface area contributed by atoms with E-state index in [0.29, 0.717) is 29.3 Å². The first-order chi connectivity index (χ1) is 8.68. The Morgan fingerprint density at radius 2 is 2.28 bits per heavy atom. The van der Waals surface area contributed by atoms with Crippen LogP contribution in [0.4, 0.5) is 10.2 Å². The van der Waals surface area contributed by atoms with Crippen molar-refractivity contribution in [2.24, 2.45) is 7.05 Å². The SMILES string of the molecule is Cn1ncc(-c2c(F)ccc3c2OCCC3)c1N. The van der Waals surface area contributed by atoms with Crippen molar-refractivity contribution in [3.63, 3.8) is 0 Å². The molecule has 0 spiro atoms. The van der Waals surface area contributed by atoms with Crippen LogP contribution < -0.4 is 10.5 Å². The maximum atomic E-state index is 14.1. The Labute approximate surface area is 104 Å². The van der Waals surface area contributed by atoms with Crippen LogP contribution in [0.15, 0.2) is 18.3 Å². The summed E-state index contributed by atoms with van der Waals surface area (Å²) < 4.78 is 21.2. The number of anilines is 1. The molecule has 2 aromatic rings. The monoisotopic (exact) mass is 247 g/mol.